The van der Waals surface area contributed by atoms with E-state index in [9.17, 15) is 13.9 Å². The van der Waals surface area contributed by atoms with Crippen LogP contribution in [0.2, 0.25) is 5.02 Å². The fraction of sp³-hybridized carbons (Fsp3) is 0.158. The third-order valence-electron chi connectivity index (χ3n) is 3.69. The molecule has 0 fully saturated rings. The van der Waals surface area contributed by atoms with Gasteiger partial charge >= 0.3 is 0 Å². The minimum absolute atomic E-state index is 0.0576. The van der Waals surface area contributed by atoms with Gasteiger partial charge in [0.15, 0.2) is 11.6 Å². The Labute approximate surface area is 170 Å². The molecule has 3 aromatic rings. The molecule has 1 aromatic heterocycles. The number of thioether (sulfide) groups is 1. The van der Waals surface area contributed by atoms with E-state index in [1.807, 2.05) is 0 Å². The summed E-state index contributed by atoms with van der Waals surface area (Å²) >= 11 is 7.47. The van der Waals surface area contributed by atoms with Crippen molar-refractivity contribution in [2.75, 3.05) is 22.9 Å². The van der Waals surface area contributed by atoms with Crippen molar-refractivity contribution in [3.05, 3.63) is 70.9 Å². The second-order valence-corrected chi connectivity index (χ2v) is 7.26. The number of nitrogens with one attached hydrogen (secondary N) is 2. The van der Waals surface area contributed by atoms with Gasteiger partial charge in [-0.15, -0.1) is 0 Å². The van der Waals surface area contributed by atoms with Crippen LogP contribution in [0.25, 0.3) is 0 Å². The highest BCUT2D eigenvalue weighted by Crippen LogP contribution is 2.24. The maximum absolute atomic E-state index is 13.9. The van der Waals surface area contributed by atoms with Gasteiger partial charge in [0, 0.05) is 40.4 Å². The minimum atomic E-state index is -0.580. The smallest absolute Gasteiger partial charge is 0.229 e. The van der Waals surface area contributed by atoms with E-state index in [2.05, 4.69) is 20.6 Å². The van der Waals surface area contributed by atoms with Gasteiger partial charge in [-0.05, 0) is 24.3 Å². The van der Waals surface area contributed by atoms with Crippen molar-refractivity contribution in [2.45, 2.75) is 5.75 Å². The van der Waals surface area contributed by atoms with Crippen molar-refractivity contribution in [1.82, 2.24) is 9.97 Å². The van der Waals surface area contributed by atoms with Gasteiger partial charge in [0.1, 0.15) is 11.6 Å². The van der Waals surface area contributed by atoms with Crippen LogP contribution < -0.4 is 10.6 Å². The zero-order valence-electron chi connectivity index (χ0n) is 14.6. The van der Waals surface area contributed by atoms with Crippen molar-refractivity contribution >= 4 is 40.8 Å². The summed E-state index contributed by atoms with van der Waals surface area (Å²) in [6.07, 6.45) is 1.06. The van der Waals surface area contributed by atoms with Crippen molar-refractivity contribution in [1.29, 1.82) is 0 Å². The Morgan fingerprint density at radius 2 is 1.93 bits per heavy atom. The number of hydrogen-bond acceptors (Lipinski definition) is 6. The molecule has 0 aliphatic rings. The summed E-state index contributed by atoms with van der Waals surface area (Å²) in [5, 5.41) is 15.7. The highest BCUT2D eigenvalue weighted by molar-refractivity contribution is 7.98. The predicted molar refractivity (Wildman–Crippen MR) is 109 cm³/mol. The topological polar surface area (TPSA) is 70.1 Å². The summed E-state index contributed by atoms with van der Waals surface area (Å²) in [5.41, 5.74) is 1.04. The Balaban J connectivity index is 1.53. The van der Waals surface area contributed by atoms with Gasteiger partial charge in [0.05, 0.1) is 6.20 Å². The Morgan fingerprint density at radius 3 is 2.71 bits per heavy atom. The van der Waals surface area contributed by atoms with Crippen LogP contribution in [-0.4, -0.2) is 27.4 Å². The van der Waals surface area contributed by atoms with Crippen LogP contribution in [0.15, 0.2) is 48.7 Å². The van der Waals surface area contributed by atoms with Crippen LogP contribution in [0.1, 0.15) is 5.56 Å². The number of halogens is 3. The molecule has 0 spiro atoms. The number of rotatable bonds is 8. The van der Waals surface area contributed by atoms with Gasteiger partial charge in [0.2, 0.25) is 5.95 Å². The van der Waals surface area contributed by atoms with Crippen molar-refractivity contribution < 1.29 is 13.9 Å². The van der Waals surface area contributed by atoms with E-state index < -0.39 is 5.82 Å². The molecule has 2 aromatic carbocycles. The van der Waals surface area contributed by atoms with Gasteiger partial charge in [-0.3, -0.25) is 0 Å². The van der Waals surface area contributed by atoms with Gasteiger partial charge < -0.3 is 15.7 Å². The molecule has 0 radical (unpaired) electrons. The third kappa shape index (κ3) is 5.46. The van der Waals surface area contributed by atoms with Crippen molar-refractivity contribution in [3.8, 4) is 5.75 Å². The van der Waals surface area contributed by atoms with E-state index >= 15 is 0 Å². The molecule has 0 aliphatic carbocycles. The molecule has 0 aliphatic heterocycles. The van der Waals surface area contributed by atoms with Crippen LogP contribution in [0.5, 0.6) is 5.75 Å². The van der Waals surface area contributed by atoms with E-state index in [-0.39, 0.29) is 23.3 Å². The second kappa shape index (κ2) is 9.57. The molecule has 0 saturated carbocycles. The molecule has 3 N–H and O–H groups in total. The third-order valence-corrected chi connectivity index (χ3v) is 5.03. The van der Waals surface area contributed by atoms with Crippen LogP contribution in [0, 0.1) is 11.6 Å². The molecule has 5 nitrogen and oxygen atoms in total. The number of phenols is 1. The fourth-order valence-corrected chi connectivity index (χ4v) is 3.55. The Bertz CT molecular complexity index is 941. The molecule has 9 heteroatoms. The normalized spacial score (nSPS) is 10.7. The quantitative estimate of drug-likeness (QED) is 0.433. The zero-order valence-corrected chi connectivity index (χ0v) is 16.2. The summed E-state index contributed by atoms with van der Waals surface area (Å²) in [7, 11) is 0. The first-order chi connectivity index (χ1) is 13.5. The lowest BCUT2D eigenvalue weighted by Gasteiger charge is -2.10. The Morgan fingerprint density at radius 1 is 1.11 bits per heavy atom. The summed E-state index contributed by atoms with van der Waals surface area (Å²) in [5.74, 6) is 0.452. The molecular formula is C19H17ClF2N4OS. The van der Waals surface area contributed by atoms with E-state index in [1.54, 1.807) is 24.3 Å². The number of nitrogens with zero attached hydrogens (tertiary/aromatic N) is 2. The molecular weight excluding hydrogens is 406 g/mol. The van der Waals surface area contributed by atoms with Crippen LogP contribution in [0.4, 0.5) is 26.2 Å². The van der Waals surface area contributed by atoms with Gasteiger partial charge in [-0.1, -0.05) is 23.7 Å². The van der Waals surface area contributed by atoms with Crippen LogP contribution in [0.3, 0.4) is 0 Å². The molecule has 0 atom stereocenters. The number of hydrogen-bond donors (Lipinski definition) is 3. The number of benzene rings is 2. The number of phenolic OH excluding ortho intramolecular Hbond substituents is 1. The number of aromatic nitrogens is 2. The molecule has 146 valence electrons. The second-order valence-electron chi connectivity index (χ2n) is 5.75. The average Bonchev–Trinajstić information content (AvgIpc) is 2.66. The summed E-state index contributed by atoms with van der Waals surface area (Å²) in [6, 6.07) is 11.0. The molecule has 0 saturated heterocycles. The zero-order chi connectivity index (χ0) is 19.9. The number of anilines is 3. The molecule has 28 heavy (non-hydrogen) atoms. The summed E-state index contributed by atoms with van der Waals surface area (Å²) in [4.78, 5) is 7.99. The van der Waals surface area contributed by atoms with Gasteiger partial charge in [-0.25, -0.2) is 13.8 Å². The Kier molecular flexibility index (Phi) is 6.89. The molecule has 0 bridgehead atoms. The highest BCUT2D eigenvalue weighted by Gasteiger charge is 2.09. The van der Waals surface area contributed by atoms with Crippen molar-refractivity contribution in [2.24, 2.45) is 0 Å². The minimum Gasteiger partial charge on any atom is -0.508 e. The summed E-state index contributed by atoms with van der Waals surface area (Å²) in [6.45, 7) is 0.427. The predicted octanol–water partition coefficient (Wildman–Crippen LogP) is 5.20. The van der Waals surface area contributed by atoms with E-state index in [1.165, 1.54) is 30.0 Å². The first-order valence-electron chi connectivity index (χ1n) is 8.36. The monoisotopic (exact) mass is 422 g/mol. The average molecular weight is 423 g/mol. The first kappa shape index (κ1) is 20.2. The fourth-order valence-electron chi connectivity index (χ4n) is 2.35. The van der Waals surface area contributed by atoms with Gasteiger partial charge in [0.25, 0.3) is 0 Å². The van der Waals surface area contributed by atoms with Crippen LogP contribution in [-0.2, 0) is 5.75 Å². The molecule has 0 unspecified atom stereocenters. The van der Waals surface area contributed by atoms with E-state index in [0.29, 0.717) is 34.3 Å². The summed E-state index contributed by atoms with van der Waals surface area (Å²) < 4.78 is 27.6. The maximum Gasteiger partial charge on any atom is 0.229 e. The lowest BCUT2D eigenvalue weighted by molar-refractivity contribution is 0.475. The van der Waals surface area contributed by atoms with Crippen LogP contribution >= 0.6 is 23.4 Å². The van der Waals surface area contributed by atoms with E-state index in [0.717, 1.165) is 6.20 Å². The maximum atomic E-state index is 13.9. The van der Waals surface area contributed by atoms with Crippen molar-refractivity contribution in [3.63, 3.8) is 0 Å². The Hall–Kier alpha value is -2.58. The largest absolute Gasteiger partial charge is 0.508 e. The molecule has 0 amide bonds. The lowest BCUT2D eigenvalue weighted by Crippen LogP contribution is -2.10. The SMILES string of the molecule is Oc1cccc(Nc2ncc(F)c(NCCSCc3c(F)cccc3Cl)n2)c1. The van der Waals surface area contributed by atoms with E-state index in [4.69, 9.17) is 11.6 Å². The number of aromatic hydroxyl groups is 1. The molecule has 1 heterocycles. The highest BCUT2D eigenvalue weighted by atomic mass is 35.5. The standard InChI is InChI=1S/C19H17ClF2N4OS/c20-15-5-2-6-16(21)14(15)11-28-8-7-23-18-17(22)10-24-19(26-18)25-12-3-1-4-13(27)9-12/h1-6,9-10,27H,7-8,11H2,(H2,23,24,25,26). The van der Waals surface area contributed by atoms with Gasteiger partial charge in [-0.2, -0.15) is 16.7 Å². The molecule has 3 rings (SSSR count). The lowest BCUT2D eigenvalue weighted by atomic mass is 10.2. The first-order valence-corrected chi connectivity index (χ1v) is 9.89.